The quantitative estimate of drug-likeness (QED) is 0.536. The SMILES string of the molecule is Cl.FC1=C(F)NOC=C1. The first-order valence-electron chi connectivity index (χ1n) is 1.94. The molecule has 0 unspecified atom stereocenters. The third-order valence-corrected chi connectivity index (χ3v) is 0.641. The second kappa shape index (κ2) is 3.29. The van der Waals surface area contributed by atoms with Gasteiger partial charge in [0.05, 0.1) is 0 Å². The summed E-state index contributed by atoms with van der Waals surface area (Å²) in [6.45, 7) is 0. The molecule has 0 spiro atoms. The Morgan fingerprint density at radius 2 is 2.11 bits per heavy atom. The van der Waals surface area contributed by atoms with Crippen LogP contribution in [0.1, 0.15) is 0 Å². The van der Waals surface area contributed by atoms with Crippen molar-refractivity contribution in [2.45, 2.75) is 0 Å². The van der Waals surface area contributed by atoms with Crippen LogP contribution in [-0.2, 0) is 4.84 Å². The summed E-state index contributed by atoms with van der Waals surface area (Å²) >= 11 is 0. The minimum absolute atomic E-state index is 0. The highest BCUT2D eigenvalue weighted by molar-refractivity contribution is 5.85. The van der Waals surface area contributed by atoms with Crippen molar-refractivity contribution in [3.63, 3.8) is 0 Å². The maximum Gasteiger partial charge on any atom is 0.255 e. The Hall–Kier alpha value is -0.770. The van der Waals surface area contributed by atoms with Crippen molar-refractivity contribution in [2.24, 2.45) is 0 Å². The topological polar surface area (TPSA) is 21.3 Å². The lowest BCUT2D eigenvalue weighted by atomic mass is 10.5. The summed E-state index contributed by atoms with van der Waals surface area (Å²) in [6, 6.07) is 0. The van der Waals surface area contributed by atoms with Gasteiger partial charge in [0.25, 0.3) is 5.95 Å². The Morgan fingerprint density at radius 1 is 1.44 bits per heavy atom. The molecule has 0 aromatic heterocycles. The van der Waals surface area contributed by atoms with Crippen molar-refractivity contribution in [3.05, 3.63) is 24.1 Å². The average Bonchev–Trinajstić information content (AvgIpc) is 1.77. The van der Waals surface area contributed by atoms with Gasteiger partial charge in [-0.25, -0.2) is 4.39 Å². The average molecular weight is 156 g/mol. The molecule has 1 rings (SSSR count). The third kappa shape index (κ3) is 1.89. The Morgan fingerprint density at radius 3 is 2.44 bits per heavy atom. The zero-order valence-corrected chi connectivity index (χ0v) is 5.04. The highest BCUT2D eigenvalue weighted by Crippen LogP contribution is 2.09. The summed E-state index contributed by atoms with van der Waals surface area (Å²) in [4.78, 5) is 4.15. The Labute approximate surface area is 56.6 Å². The Balaban J connectivity index is 0.000000640. The zero-order chi connectivity index (χ0) is 5.98. The van der Waals surface area contributed by atoms with Crippen molar-refractivity contribution >= 4 is 12.4 Å². The standard InChI is InChI=1S/C4H3F2NO.ClH/c5-3-1-2-8-7-4(3)6;/h1-2,7H;1H. The van der Waals surface area contributed by atoms with E-state index in [1.165, 1.54) is 0 Å². The number of allylic oxidation sites excluding steroid dienone is 2. The normalized spacial score (nSPS) is 15.8. The van der Waals surface area contributed by atoms with Crippen LogP contribution in [0.15, 0.2) is 24.1 Å². The number of nitrogens with one attached hydrogen (secondary N) is 1. The minimum atomic E-state index is -1.09. The highest BCUT2D eigenvalue weighted by atomic mass is 35.5. The van der Waals surface area contributed by atoms with Gasteiger partial charge < -0.3 is 4.84 Å². The summed E-state index contributed by atoms with van der Waals surface area (Å²) in [5, 5.41) is 0. The van der Waals surface area contributed by atoms with E-state index in [0.29, 0.717) is 0 Å². The molecule has 0 saturated carbocycles. The summed E-state index contributed by atoms with van der Waals surface area (Å²) in [6.07, 6.45) is 1.89. The third-order valence-electron chi connectivity index (χ3n) is 0.641. The zero-order valence-electron chi connectivity index (χ0n) is 4.23. The molecule has 0 aliphatic carbocycles. The van der Waals surface area contributed by atoms with E-state index >= 15 is 0 Å². The molecule has 2 nitrogen and oxygen atoms in total. The molecular weight excluding hydrogens is 151 g/mol. The molecule has 0 aromatic carbocycles. The van der Waals surface area contributed by atoms with Crippen molar-refractivity contribution in [2.75, 3.05) is 0 Å². The molecule has 1 heterocycles. The van der Waals surface area contributed by atoms with Crippen molar-refractivity contribution in [1.29, 1.82) is 0 Å². The first-order valence-corrected chi connectivity index (χ1v) is 1.94. The van der Waals surface area contributed by atoms with Crippen molar-refractivity contribution in [1.82, 2.24) is 5.48 Å². The number of halogens is 3. The van der Waals surface area contributed by atoms with Gasteiger partial charge in [0.15, 0.2) is 5.83 Å². The van der Waals surface area contributed by atoms with Crippen LogP contribution < -0.4 is 5.48 Å². The maximum absolute atomic E-state index is 11.9. The molecule has 52 valence electrons. The van der Waals surface area contributed by atoms with Crippen molar-refractivity contribution in [3.8, 4) is 0 Å². The largest absolute Gasteiger partial charge is 0.388 e. The number of hydroxylamine groups is 1. The lowest BCUT2D eigenvalue weighted by Crippen LogP contribution is -2.10. The molecule has 0 bridgehead atoms. The summed E-state index contributed by atoms with van der Waals surface area (Å²) in [5.41, 5.74) is 1.68. The van der Waals surface area contributed by atoms with Gasteiger partial charge in [-0.2, -0.15) is 9.87 Å². The van der Waals surface area contributed by atoms with Gasteiger partial charge in [0.2, 0.25) is 0 Å². The van der Waals surface area contributed by atoms with Gasteiger partial charge in [0.1, 0.15) is 6.26 Å². The van der Waals surface area contributed by atoms with E-state index in [-0.39, 0.29) is 12.4 Å². The van der Waals surface area contributed by atoms with Crippen LogP contribution in [0.25, 0.3) is 0 Å². The van der Waals surface area contributed by atoms with E-state index in [1.54, 1.807) is 5.48 Å². The van der Waals surface area contributed by atoms with Gasteiger partial charge >= 0.3 is 0 Å². The van der Waals surface area contributed by atoms with Crippen LogP contribution in [0.4, 0.5) is 8.78 Å². The minimum Gasteiger partial charge on any atom is -0.388 e. The second-order valence-electron chi connectivity index (χ2n) is 1.18. The summed E-state index contributed by atoms with van der Waals surface area (Å²) < 4.78 is 23.6. The van der Waals surface area contributed by atoms with Crippen LogP contribution >= 0.6 is 12.4 Å². The fourth-order valence-electron chi connectivity index (χ4n) is 0.301. The van der Waals surface area contributed by atoms with Crippen LogP contribution in [0, 0.1) is 0 Å². The Bertz CT molecular complexity index is 157. The molecule has 0 fully saturated rings. The van der Waals surface area contributed by atoms with Crippen LogP contribution in [0.3, 0.4) is 0 Å². The monoisotopic (exact) mass is 155 g/mol. The number of hydrogen-bond donors (Lipinski definition) is 1. The second-order valence-corrected chi connectivity index (χ2v) is 1.18. The van der Waals surface area contributed by atoms with Crippen LogP contribution in [0.5, 0.6) is 0 Å². The molecule has 1 N–H and O–H groups in total. The molecule has 1 aliphatic heterocycles. The fourth-order valence-corrected chi connectivity index (χ4v) is 0.301. The van der Waals surface area contributed by atoms with E-state index in [0.717, 1.165) is 12.3 Å². The van der Waals surface area contributed by atoms with Gasteiger partial charge in [-0.15, -0.1) is 12.4 Å². The van der Waals surface area contributed by atoms with E-state index < -0.39 is 11.8 Å². The summed E-state index contributed by atoms with van der Waals surface area (Å²) in [7, 11) is 0. The van der Waals surface area contributed by atoms with Gasteiger partial charge in [-0.3, -0.25) is 0 Å². The highest BCUT2D eigenvalue weighted by Gasteiger charge is 2.04. The number of hydrogen-bond acceptors (Lipinski definition) is 2. The van der Waals surface area contributed by atoms with Gasteiger partial charge in [-0.05, 0) is 0 Å². The maximum atomic E-state index is 11.9. The predicted octanol–water partition coefficient (Wildman–Crippen LogP) is 1.56. The number of rotatable bonds is 0. The molecule has 0 aromatic rings. The van der Waals surface area contributed by atoms with Crippen LogP contribution in [-0.4, -0.2) is 0 Å². The molecule has 0 atom stereocenters. The molecule has 0 saturated heterocycles. The van der Waals surface area contributed by atoms with E-state index in [4.69, 9.17) is 0 Å². The predicted molar refractivity (Wildman–Crippen MR) is 29.9 cm³/mol. The first-order chi connectivity index (χ1) is 3.80. The fraction of sp³-hybridized carbons (Fsp3) is 0. The Kier molecular flexibility index (Phi) is 3.01. The molecular formula is C4H4ClF2NO. The van der Waals surface area contributed by atoms with Gasteiger partial charge in [-0.1, -0.05) is 0 Å². The van der Waals surface area contributed by atoms with Crippen LogP contribution in [0.2, 0.25) is 0 Å². The lowest BCUT2D eigenvalue weighted by molar-refractivity contribution is 0.127. The lowest BCUT2D eigenvalue weighted by Gasteiger charge is -2.04. The molecule has 1 aliphatic rings. The first kappa shape index (κ1) is 8.23. The van der Waals surface area contributed by atoms with Crippen molar-refractivity contribution < 1.29 is 13.6 Å². The molecule has 9 heavy (non-hydrogen) atoms. The molecule has 5 heteroatoms. The van der Waals surface area contributed by atoms with Gasteiger partial charge in [0, 0.05) is 6.08 Å². The van der Waals surface area contributed by atoms with E-state index in [1.807, 2.05) is 0 Å². The molecule has 0 amide bonds. The summed E-state index contributed by atoms with van der Waals surface area (Å²) in [5.74, 6) is -2.04. The van der Waals surface area contributed by atoms with E-state index in [9.17, 15) is 8.78 Å². The molecule has 0 radical (unpaired) electrons. The van der Waals surface area contributed by atoms with E-state index in [2.05, 4.69) is 4.84 Å². The smallest absolute Gasteiger partial charge is 0.255 e.